The normalized spacial score (nSPS) is 17.8. The van der Waals surface area contributed by atoms with E-state index in [9.17, 15) is 9.59 Å². The molecule has 1 saturated heterocycles. The van der Waals surface area contributed by atoms with Crippen LogP contribution >= 0.6 is 0 Å². The average Bonchev–Trinajstić information content (AvgIpc) is 2.41. The summed E-state index contributed by atoms with van der Waals surface area (Å²) >= 11 is 0. The molecule has 0 aliphatic carbocycles. The summed E-state index contributed by atoms with van der Waals surface area (Å²) in [5.74, 6) is -0.867. The predicted molar refractivity (Wildman–Crippen MR) is 71.3 cm³/mol. The van der Waals surface area contributed by atoms with Crippen LogP contribution in [0.5, 0.6) is 0 Å². The second-order valence-electron chi connectivity index (χ2n) is 4.08. The van der Waals surface area contributed by atoms with Crippen LogP contribution in [0, 0.1) is 0 Å². The summed E-state index contributed by atoms with van der Waals surface area (Å²) in [6.07, 6.45) is 5.64. The van der Waals surface area contributed by atoms with Crippen molar-refractivity contribution in [2.24, 2.45) is 0 Å². The van der Waals surface area contributed by atoms with Crippen molar-refractivity contribution in [1.29, 1.82) is 0 Å². The summed E-state index contributed by atoms with van der Waals surface area (Å²) in [6.45, 7) is 4.95. The van der Waals surface area contributed by atoms with E-state index < -0.39 is 11.9 Å². The molecule has 19 heavy (non-hydrogen) atoms. The summed E-state index contributed by atoms with van der Waals surface area (Å²) < 4.78 is 9.81. The highest BCUT2D eigenvalue weighted by Gasteiger charge is 2.16. The number of carbonyl (C=O) groups is 2. The molecule has 0 bridgehead atoms. The highest BCUT2D eigenvalue weighted by atomic mass is 16.5. The number of hydrogen-bond acceptors (Lipinski definition) is 5. The van der Waals surface area contributed by atoms with E-state index in [1.807, 2.05) is 0 Å². The van der Waals surface area contributed by atoms with Gasteiger partial charge in [0.2, 0.25) is 0 Å². The first-order valence-electron chi connectivity index (χ1n) is 6.68. The molecule has 106 valence electrons. The van der Waals surface area contributed by atoms with Crippen molar-refractivity contribution in [1.82, 2.24) is 5.32 Å². The van der Waals surface area contributed by atoms with Crippen LogP contribution in [-0.2, 0) is 19.1 Å². The summed E-state index contributed by atoms with van der Waals surface area (Å²) in [5, 5.41) is 3.19. The molecule has 1 aliphatic rings. The monoisotopic (exact) mass is 267 g/mol. The number of piperidine rings is 1. The fourth-order valence-electron chi connectivity index (χ4n) is 1.83. The van der Waals surface area contributed by atoms with Crippen molar-refractivity contribution in [2.75, 3.05) is 19.8 Å². The quantitative estimate of drug-likeness (QED) is 0.606. The average molecular weight is 267 g/mol. The number of nitrogens with one attached hydrogen (secondary N) is 1. The van der Waals surface area contributed by atoms with Crippen LogP contribution in [0.3, 0.4) is 0 Å². The van der Waals surface area contributed by atoms with Crippen molar-refractivity contribution in [3.05, 3.63) is 23.4 Å². The van der Waals surface area contributed by atoms with Crippen molar-refractivity contribution in [3.8, 4) is 0 Å². The number of ether oxygens (including phenoxy) is 2. The van der Waals surface area contributed by atoms with Gasteiger partial charge in [-0.15, -0.1) is 0 Å². The van der Waals surface area contributed by atoms with Gasteiger partial charge in [-0.25, -0.2) is 9.59 Å². The van der Waals surface area contributed by atoms with Gasteiger partial charge in [0, 0.05) is 18.3 Å². The molecule has 0 saturated carbocycles. The largest absolute Gasteiger partial charge is 0.463 e. The minimum Gasteiger partial charge on any atom is -0.463 e. The smallest absolute Gasteiger partial charge is 0.339 e. The number of allylic oxidation sites excluding steroid dienone is 1. The Morgan fingerprint density at radius 3 is 2.47 bits per heavy atom. The lowest BCUT2D eigenvalue weighted by atomic mass is 10.0. The molecule has 0 aromatic heterocycles. The first-order valence-corrected chi connectivity index (χ1v) is 6.68. The molecule has 1 rings (SSSR count). The van der Waals surface area contributed by atoms with Gasteiger partial charge in [0.1, 0.15) is 0 Å². The molecular formula is C14H21NO4. The van der Waals surface area contributed by atoms with Crippen LogP contribution in [-0.4, -0.2) is 31.7 Å². The Bertz CT molecular complexity index is 377. The van der Waals surface area contributed by atoms with Crippen LogP contribution in [0.4, 0.5) is 0 Å². The third kappa shape index (κ3) is 5.16. The molecule has 1 fully saturated rings. The molecule has 0 atom stereocenters. The topological polar surface area (TPSA) is 64.6 Å². The van der Waals surface area contributed by atoms with E-state index in [2.05, 4.69) is 5.32 Å². The zero-order valence-corrected chi connectivity index (χ0v) is 11.5. The van der Waals surface area contributed by atoms with Gasteiger partial charge in [-0.3, -0.25) is 0 Å². The van der Waals surface area contributed by atoms with E-state index in [1.54, 1.807) is 13.8 Å². The fraction of sp³-hybridized carbons (Fsp3) is 0.571. The Hall–Kier alpha value is -1.78. The van der Waals surface area contributed by atoms with Crippen LogP contribution in [0.2, 0.25) is 0 Å². The van der Waals surface area contributed by atoms with E-state index in [-0.39, 0.29) is 0 Å². The molecule has 0 unspecified atom stereocenters. The molecule has 1 aliphatic heterocycles. The Morgan fingerprint density at radius 2 is 1.89 bits per heavy atom. The summed E-state index contributed by atoms with van der Waals surface area (Å²) in [6, 6.07) is 0. The molecule has 0 amide bonds. The van der Waals surface area contributed by atoms with Gasteiger partial charge >= 0.3 is 11.9 Å². The summed E-state index contributed by atoms with van der Waals surface area (Å²) in [7, 11) is 0. The van der Waals surface area contributed by atoms with E-state index >= 15 is 0 Å². The van der Waals surface area contributed by atoms with Crippen molar-refractivity contribution < 1.29 is 19.1 Å². The maximum Gasteiger partial charge on any atom is 0.339 e. The van der Waals surface area contributed by atoms with E-state index in [1.165, 1.54) is 12.2 Å². The maximum atomic E-state index is 11.9. The highest BCUT2D eigenvalue weighted by Crippen LogP contribution is 2.17. The Balaban J connectivity index is 2.86. The summed E-state index contributed by atoms with van der Waals surface area (Å²) in [4.78, 5) is 23.2. The molecule has 5 heteroatoms. The van der Waals surface area contributed by atoms with Gasteiger partial charge in [0.25, 0.3) is 0 Å². The van der Waals surface area contributed by atoms with Gasteiger partial charge in [-0.2, -0.15) is 0 Å². The minimum absolute atomic E-state index is 0.308. The molecule has 0 radical (unpaired) electrons. The van der Waals surface area contributed by atoms with Crippen LogP contribution < -0.4 is 5.32 Å². The Morgan fingerprint density at radius 1 is 1.16 bits per heavy atom. The van der Waals surface area contributed by atoms with Gasteiger partial charge in [0.15, 0.2) is 0 Å². The molecule has 1 heterocycles. The van der Waals surface area contributed by atoms with Gasteiger partial charge < -0.3 is 14.8 Å². The fourth-order valence-corrected chi connectivity index (χ4v) is 1.83. The van der Waals surface area contributed by atoms with Gasteiger partial charge in [0.05, 0.1) is 18.8 Å². The standard InChI is InChI=1S/C14H21NO4/c1-3-18-13(16)9-8-11(14(17)19-4-2)12-7-5-6-10-15-12/h8-9,15H,3-7,10H2,1-2H3/b9-8+,12-11-. The minimum atomic E-state index is -0.458. The van der Waals surface area contributed by atoms with Crippen molar-refractivity contribution >= 4 is 11.9 Å². The lowest BCUT2D eigenvalue weighted by Gasteiger charge is -2.19. The van der Waals surface area contributed by atoms with Crippen LogP contribution in [0.15, 0.2) is 23.4 Å². The molecule has 0 aromatic carbocycles. The maximum absolute atomic E-state index is 11.9. The van der Waals surface area contributed by atoms with E-state index in [0.29, 0.717) is 18.8 Å². The zero-order valence-electron chi connectivity index (χ0n) is 11.5. The number of carbonyl (C=O) groups excluding carboxylic acids is 2. The molecule has 0 spiro atoms. The van der Waals surface area contributed by atoms with E-state index in [0.717, 1.165) is 31.5 Å². The molecule has 5 nitrogen and oxygen atoms in total. The molecule has 0 aromatic rings. The number of esters is 2. The molecule has 1 N–H and O–H groups in total. The lowest BCUT2D eigenvalue weighted by molar-refractivity contribution is -0.138. The highest BCUT2D eigenvalue weighted by molar-refractivity contribution is 5.94. The zero-order chi connectivity index (χ0) is 14.1. The number of rotatable bonds is 5. The second-order valence-corrected chi connectivity index (χ2v) is 4.08. The van der Waals surface area contributed by atoms with Crippen molar-refractivity contribution in [2.45, 2.75) is 33.1 Å². The van der Waals surface area contributed by atoms with Gasteiger partial charge in [-0.05, 0) is 39.2 Å². The second kappa shape index (κ2) is 8.34. The lowest BCUT2D eigenvalue weighted by Crippen LogP contribution is -2.24. The van der Waals surface area contributed by atoms with Crippen molar-refractivity contribution in [3.63, 3.8) is 0 Å². The van der Waals surface area contributed by atoms with E-state index in [4.69, 9.17) is 9.47 Å². The number of hydrogen-bond donors (Lipinski definition) is 1. The summed E-state index contributed by atoms with van der Waals surface area (Å²) in [5.41, 5.74) is 1.25. The molecular weight excluding hydrogens is 246 g/mol. The van der Waals surface area contributed by atoms with Crippen LogP contribution in [0.1, 0.15) is 33.1 Å². The third-order valence-electron chi connectivity index (χ3n) is 2.69. The predicted octanol–water partition coefficient (Wildman–Crippen LogP) is 1.70. The Labute approximate surface area is 113 Å². The van der Waals surface area contributed by atoms with Crippen LogP contribution in [0.25, 0.3) is 0 Å². The first kappa shape index (κ1) is 15.3. The third-order valence-corrected chi connectivity index (χ3v) is 2.69. The SMILES string of the molecule is CCOC(=O)/C=C/C(C(=O)OCC)=C1\CCCCN1. The Kier molecular flexibility index (Phi) is 6.71. The van der Waals surface area contributed by atoms with Gasteiger partial charge in [-0.1, -0.05) is 0 Å². The first-order chi connectivity index (χ1) is 9.19.